The van der Waals surface area contributed by atoms with Crippen LogP contribution in [0.3, 0.4) is 0 Å². The highest BCUT2D eigenvalue weighted by Gasteiger charge is 2.24. The molecule has 0 saturated carbocycles. The molecule has 1 aromatic heterocycles. The highest BCUT2D eigenvalue weighted by atomic mass is 32.2. The molecule has 33 heavy (non-hydrogen) atoms. The lowest BCUT2D eigenvalue weighted by Gasteiger charge is -2.22. The minimum Gasteiger partial charge on any atom is -0.438 e. The molecule has 1 N–H and O–H groups in total. The molecular weight excluding hydrogens is 430 g/mol. The molecule has 3 aromatic carbocycles. The van der Waals surface area contributed by atoms with Crippen LogP contribution in [0.15, 0.2) is 77.8 Å². The minimum absolute atomic E-state index is 0.0767. The van der Waals surface area contributed by atoms with E-state index in [1.54, 1.807) is 0 Å². The van der Waals surface area contributed by atoms with Crippen LogP contribution in [0.5, 0.6) is 11.6 Å². The summed E-state index contributed by atoms with van der Waals surface area (Å²) in [6.07, 6.45) is 0.670. The van der Waals surface area contributed by atoms with Crippen LogP contribution >= 0.6 is 11.8 Å². The van der Waals surface area contributed by atoms with Crippen molar-refractivity contribution in [2.75, 3.05) is 11.1 Å². The van der Waals surface area contributed by atoms with Crippen molar-refractivity contribution in [2.24, 2.45) is 0 Å². The predicted molar refractivity (Wildman–Crippen MR) is 132 cm³/mol. The summed E-state index contributed by atoms with van der Waals surface area (Å²) in [7, 11) is 0. The number of carbonyl (C=O) groups excluding carboxylic acids is 1. The monoisotopic (exact) mass is 453 g/mol. The maximum absolute atomic E-state index is 12.7. The van der Waals surface area contributed by atoms with E-state index in [2.05, 4.69) is 18.3 Å². The van der Waals surface area contributed by atoms with Gasteiger partial charge < -0.3 is 10.1 Å². The van der Waals surface area contributed by atoms with Gasteiger partial charge in [0.2, 0.25) is 11.8 Å². The van der Waals surface area contributed by atoms with E-state index >= 15 is 0 Å². The van der Waals surface area contributed by atoms with Crippen molar-refractivity contribution in [3.05, 3.63) is 95.1 Å². The molecule has 0 aliphatic carbocycles. The fourth-order valence-electron chi connectivity index (χ4n) is 3.81. The van der Waals surface area contributed by atoms with Crippen LogP contribution in [0.2, 0.25) is 0 Å². The largest absolute Gasteiger partial charge is 0.438 e. The van der Waals surface area contributed by atoms with Crippen LogP contribution in [0.4, 0.5) is 5.69 Å². The minimum atomic E-state index is -0.0767. The van der Waals surface area contributed by atoms with Crippen molar-refractivity contribution in [1.82, 2.24) is 9.97 Å². The molecule has 4 aromatic rings. The van der Waals surface area contributed by atoms with Gasteiger partial charge in [-0.3, -0.25) is 4.79 Å². The molecule has 0 radical (unpaired) electrons. The van der Waals surface area contributed by atoms with E-state index in [1.807, 2.05) is 73.7 Å². The number of nitrogens with zero attached hydrogens (tertiary/aromatic N) is 2. The van der Waals surface area contributed by atoms with E-state index in [4.69, 9.17) is 14.7 Å². The van der Waals surface area contributed by atoms with Crippen LogP contribution in [-0.2, 0) is 11.2 Å². The Morgan fingerprint density at radius 1 is 0.970 bits per heavy atom. The summed E-state index contributed by atoms with van der Waals surface area (Å²) in [4.78, 5) is 22.2. The lowest BCUT2D eigenvalue weighted by molar-refractivity contribution is -0.113. The van der Waals surface area contributed by atoms with Gasteiger partial charge in [0, 0.05) is 17.7 Å². The first-order chi connectivity index (χ1) is 16.0. The molecule has 0 bridgehead atoms. The third-order valence-electron chi connectivity index (χ3n) is 5.39. The van der Waals surface area contributed by atoms with Gasteiger partial charge in [-0.15, -0.1) is 0 Å². The molecule has 6 heteroatoms. The summed E-state index contributed by atoms with van der Waals surface area (Å²) in [6.45, 7) is 4.07. The van der Waals surface area contributed by atoms with Crippen LogP contribution in [0, 0.1) is 13.8 Å². The molecule has 5 nitrogen and oxygen atoms in total. The van der Waals surface area contributed by atoms with Gasteiger partial charge in [-0.25, -0.2) is 4.98 Å². The summed E-state index contributed by atoms with van der Waals surface area (Å²) >= 11 is 1.41. The molecule has 5 rings (SSSR count). The first-order valence-corrected chi connectivity index (χ1v) is 11.8. The molecule has 1 aliphatic heterocycles. The predicted octanol–water partition coefficient (Wildman–Crippen LogP) is 6.19. The maximum Gasteiger partial charge on any atom is 0.234 e. The van der Waals surface area contributed by atoms with E-state index in [1.165, 1.54) is 17.3 Å². The van der Waals surface area contributed by atoms with Gasteiger partial charge >= 0.3 is 0 Å². The van der Waals surface area contributed by atoms with E-state index in [0.29, 0.717) is 18.1 Å². The number of thioether (sulfide) groups is 1. The molecule has 2 heterocycles. The lowest BCUT2D eigenvalue weighted by atomic mass is 10.0. The van der Waals surface area contributed by atoms with Crippen molar-refractivity contribution >= 4 is 23.4 Å². The van der Waals surface area contributed by atoms with Gasteiger partial charge in [0.1, 0.15) is 10.8 Å². The van der Waals surface area contributed by atoms with Gasteiger partial charge in [-0.2, -0.15) is 4.98 Å². The molecule has 1 aliphatic rings. The fourth-order valence-corrected chi connectivity index (χ4v) is 4.63. The Bertz CT molecular complexity index is 1340. The van der Waals surface area contributed by atoms with Crippen molar-refractivity contribution in [3.8, 4) is 23.0 Å². The Kier molecular flexibility index (Phi) is 5.84. The first kappa shape index (κ1) is 21.2. The number of aryl methyl sites for hydroxylation is 2. The maximum atomic E-state index is 12.7. The molecular formula is C27H23N3O2S. The molecule has 0 spiro atoms. The van der Waals surface area contributed by atoms with Crippen molar-refractivity contribution < 1.29 is 9.53 Å². The Morgan fingerprint density at radius 3 is 2.61 bits per heavy atom. The quantitative estimate of drug-likeness (QED) is 0.254. The zero-order valence-electron chi connectivity index (χ0n) is 18.5. The zero-order chi connectivity index (χ0) is 22.8. The molecule has 1 amide bonds. The van der Waals surface area contributed by atoms with Crippen LogP contribution in [-0.4, -0.2) is 21.6 Å². The number of anilines is 1. The molecule has 0 unspecified atom stereocenters. The van der Waals surface area contributed by atoms with Crippen LogP contribution < -0.4 is 10.1 Å². The number of fused-ring (bicyclic) bond motifs is 2. The van der Waals surface area contributed by atoms with Gasteiger partial charge in [0.25, 0.3) is 0 Å². The molecule has 0 fully saturated rings. The molecule has 0 saturated heterocycles. The highest BCUT2D eigenvalue weighted by molar-refractivity contribution is 8.00. The lowest BCUT2D eigenvalue weighted by Crippen LogP contribution is -2.15. The Hall–Kier alpha value is -3.64. The van der Waals surface area contributed by atoms with E-state index in [0.717, 1.165) is 38.7 Å². The summed E-state index contributed by atoms with van der Waals surface area (Å²) in [5, 5.41) is 3.74. The summed E-state index contributed by atoms with van der Waals surface area (Å²) in [6, 6.07) is 23.8. The number of nitrogens with one attached hydrogen (secondary N) is 1. The number of hydrogen-bond acceptors (Lipinski definition) is 5. The van der Waals surface area contributed by atoms with Gasteiger partial charge in [-0.1, -0.05) is 71.9 Å². The first-order valence-electron chi connectivity index (χ1n) is 10.8. The van der Waals surface area contributed by atoms with Crippen molar-refractivity contribution in [2.45, 2.75) is 25.3 Å². The summed E-state index contributed by atoms with van der Waals surface area (Å²) < 4.78 is 6.19. The number of aromatic nitrogens is 2. The van der Waals surface area contributed by atoms with Crippen molar-refractivity contribution in [1.29, 1.82) is 0 Å². The number of amides is 1. The SMILES string of the molecule is Cc1cccc(NC(=O)CSc2nc(-c3ccccc3)nc3c2Cc2cc(C)ccc2O3)c1. The summed E-state index contributed by atoms with van der Waals surface area (Å²) in [5.41, 5.74) is 6.00. The normalized spacial score (nSPS) is 11.8. The standard InChI is InChI=1S/C27H23N3O2S/c1-17-7-6-10-21(14-17)28-24(31)16-33-27-22-15-20-13-18(2)11-12-23(20)32-26(22)29-25(30-27)19-8-4-3-5-9-19/h3-14H,15-16H2,1-2H3,(H,28,31). The average molecular weight is 454 g/mol. The van der Waals surface area contributed by atoms with Gasteiger partial charge in [0.15, 0.2) is 5.82 Å². The highest BCUT2D eigenvalue weighted by Crippen LogP contribution is 2.40. The number of rotatable bonds is 5. The van der Waals surface area contributed by atoms with Gasteiger partial charge in [0.05, 0.1) is 11.3 Å². The van der Waals surface area contributed by atoms with E-state index < -0.39 is 0 Å². The fraction of sp³-hybridized carbons (Fsp3) is 0.148. The third kappa shape index (κ3) is 4.76. The second-order valence-corrected chi connectivity index (χ2v) is 9.06. The molecule has 164 valence electrons. The Morgan fingerprint density at radius 2 is 1.79 bits per heavy atom. The number of benzene rings is 3. The van der Waals surface area contributed by atoms with Crippen LogP contribution in [0.25, 0.3) is 11.4 Å². The number of carbonyl (C=O) groups is 1. The molecule has 0 atom stereocenters. The second-order valence-electron chi connectivity index (χ2n) is 8.10. The van der Waals surface area contributed by atoms with E-state index in [9.17, 15) is 4.79 Å². The van der Waals surface area contributed by atoms with E-state index in [-0.39, 0.29) is 11.7 Å². The number of hydrogen-bond donors (Lipinski definition) is 1. The van der Waals surface area contributed by atoms with Gasteiger partial charge in [-0.05, 0) is 43.2 Å². The zero-order valence-corrected chi connectivity index (χ0v) is 19.3. The Balaban J connectivity index is 1.44. The second kappa shape index (κ2) is 9.08. The summed E-state index contributed by atoms with van der Waals surface area (Å²) in [5.74, 6) is 2.13. The van der Waals surface area contributed by atoms with Crippen molar-refractivity contribution in [3.63, 3.8) is 0 Å². The van der Waals surface area contributed by atoms with Crippen LogP contribution in [0.1, 0.15) is 22.3 Å². The Labute approximate surface area is 197 Å². The smallest absolute Gasteiger partial charge is 0.234 e. The number of ether oxygens (including phenoxy) is 1. The topological polar surface area (TPSA) is 64.1 Å². The third-order valence-corrected chi connectivity index (χ3v) is 6.41. The average Bonchev–Trinajstić information content (AvgIpc) is 2.82.